The second-order valence-electron chi connectivity index (χ2n) is 4.97. The summed E-state index contributed by atoms with van der Waals surface area (Å²) < 4.78 is 5.61. The number of nitrogens with two attached hydrogens (primary N) is 1. The Morgan fingerprint density at radius 2 is 2.05 bits per heavy atom. The van der Waals surface area contributed by atoms with E-state index in [4.69, 9.17) is 15.6 Å². The molecule has 1 aliphatic heterocycles. The average molecular weight is 297 g/mol. The van der Waals surface area contributed by atoms with Crippen molar-refractivity contribution in [2.45, 2.75) is 6.42 Å². The van der Waals surface area contributed by atoms with E-state index in [1.807, 2.05) is 18.2 Å². The summed E-state index contributed by atoms with van der Waals surface area (Å²) in [5.74, 6) is 0.507. The number of fused-ring (bicyclic) bond motifs is 1. The third kappa shape index (κ3) is 3.17. The molecule has 0 bridgehead atoms. The highest BCUT2D eigenvalue weighted by Crippen LogP contribution is 2.32. The lowest BCUT2D eigenvalue weighted by Crippen LogP contribution is -2.23. The maximum Gasteiger partial charge on any atom is 0.307 e. The molecule has 4 N–H and O–H groups in total. The second kappa shape index (κ2) is 5.77. The molecule has 0 atom stereocenters. The van der Waals surface area contributed by atoms with Crippen LogP contribution < -0.4 is 15.8 Å². The van der Waals surface area contributed by atoms with Crippen molar-refractivity contribution in [2.24, 2.45) is 4.99 Å². The Balaban J connectivity index is 1.73. The molecule has 0 radical (unpaired) electrons. The Morgan fingerprint density at radius 3 is 2.77 bits per heavy atom. The van der Waals surface area contributed by atoms with Crippen LogP contribution in [0.15, 0.2) is 47.5 Å². The van der Waals surface area contributed by atoms with Crippen LogP contribution in [0.2, 0.25) is 0 Å². The maximum absolute atomic E-state index is 10.7. The number of carboxylic acid groups (broad SMARTS) is 1. The van der Waals surface area contributed by atoms with Gasteiger partial charge in [0.1, 0.15) is 23.9 Å². The van der Waals surface area contributed by atoms with Crippen molar-refractivity contribution in [1.82, 2.24) is 0 Å². The van der Waals surface area contributed by atoms with Gasteiger partial charge in [-0.05, 0) is 29.8 Å². The summed E-state index contributed by atoms with van der Waals surface area (Å²) in [5, 5.41) is 11.9. The molecule has 0 saturated heterocycles. The van der Waals surface area contributed by atoms with Crippen LogP contribution >= 0.6 is 0 Å². The van der Waals surface area contributed by atoms with E-state index >= 15 is 0 Å². The molecule has 0 aromatic heterocycles. The summed E-state index contributed by atoms with van der Waals surface area (Å²) >= 11 is 0. The van der Waals surface area contributed by atoms with Crippen molar-refractivity contribution in [3.05, 3.63) is 48.0 Å². The number of nitrogens with zero attached hydrogens (tertiary/aromatic N) is 1. The van der Waals surface area contributed by atoms with Gasteiger partial charge in [0, 0.05) is 17.4 Å². The van der Waals surface area contributed by atoms with Gasteiger partial charge >= 0.3 is 5.97 Å². The van der Waals surface area contributed by atoms with E-state index in [0.717, 1.165) is 16.9 Å². The topological polar surface area (TPSA) is 96.9 Å². The number of rotatable bonds is 3. The normalized spacial score (nSPS) is 12.8. The number of aliphatic carboxylic acids is 1. The first kappa shape index (κ1) is 13.9. The number of amidine groups is 1. The Kier molecular flexibility index (Phi) is 3.65. The Hall–Kier alpha value is -3.02. The molecule has 0 fully saturated rings. The van der Waals surface area contributed by atoms with E-state index in [-0.39, 0.29) is 6.42 Å². The molecular weight excluding hydrogens is 282 g/mol. The first-order valence-electron chi connectivity index (χ1n) is 6.78. The number of hydrogen-bond acceptors (Lipinski definition) is 5. The zero-order valence-corrected chi connectivity index (χ0v) is 11.7. The van der Waals surface area contributed by atoms with Crippen LogP contribution in [0.25, 0.3) is 0 Å². The summed E-state index contributed by atoms with van der Waals surface area (Å²) in [5.41, 5.74) is 8.65. The molecule has 22 heavy (non-hydrogen) atoms. The fraction of sp³-hybridized carbons (Fsp3) is 0.125. The van der Waals surface area contributed by atoms with Gasteiger partial charge in [-0.3, -0.25) is 4.79 Å². The number of anilines is 2. The highest BCUT2D eigenvalue weighted by Gasteiger charge is 2.13. The summed E-state index contributed by atoms with van der Waals surface area (Å²) in [6, 6.07) is 12.5. The fourth-order valence-corrected chi connectivity index (χ4v) is 2.17. The molecule has 0 saturated carbocycles. The van der Waals surface area contributed by atoms with E-state index in [2.05, 4.69) is 10.3 Å². The van der Waals surface area contributed by atoms with Crippen molar-refractivity contribution < 1.29 is 14.6 Å². The largest absolute Gasteiger partial charge is 0.483 e. The molecule has 3 rings (SSSR count). The molecule has 0 unspecified atom stereocenters. The third-order valence-corrected chi connectivity index (χ3v) is 3.20. The van der Waals surface area contributed by atoms with Crippen LogP contribution in [0.3, 0.4) is 0 Å². The highest BCUT2D eigenvalue weighted by molar-refractivity contribution is 5.99. The lowest BCUT2D eigenvalue weighted by Gasteiger charge is -2.18. The van der Waals surface area contributed by atoms with Crippen LogP contribution in [-0.2, 0) is 11.2 Å². The standard InChI is InChI=1S/C16H15N3O3/c17-11-3-6-13-14(8-11)22-9-15(19-13)18-12-4-1-10(2-5-12)7-16(20)21/h1-6,8H,7,9,17H2,(H,18,19)(H,20,21). The zero-order valence-electron chi connectivity index (χ0n) is 11.7. The van der Waals surface area contributed by atoms with Crippen LogP contribution in [0.1, 0.15) is 5.56 Å². The number of hydrogen-bond donors (Lipinski definition) is 3. The lowest BCUT2D eigenvalue weighted by atomic mass is 10.1. The summed E-state index contributed by atoms with van der Waals surface area (Å²) in [7, 11) is 0. The van der Waals surface area contributed by atoms with Crippen LogP contribution in [0.4, 0.5) is 17.1 Å². The molecule has 6 nitrogen and oxygen atoms in total. The fourth-order valence-electron chi connectivity index (χ4n) is 2.17. The van der Waals surface area contributed by atoms with Gasteiger partial charge in [0.25, 0.3) is 0 Å². The van der Waals surface area contributed by atoms with Gasteiger partial charge < -0.3 is 20.9 Å². The molecule has 0 spiro atoms. The van der Waals surface area contributed by atoms with Crippen molar-refractivity contribution in [2.75, 3.05) is 17.7 Å². The summed E-state index contributed by atoms with van der Waals surface area (Å²) in [6.07, 6.45) is 0.0130. The van der Waals surface area contributed by atoms with Crippen molar-refractivity contribution in [3.8, 4) is 5.75 Å². The number of nitrogen functional groups attached to an aromatic ring is 1. The van der Waals surface area contributed by atoms with Gasteiger partial charge in [-0.15, -0.1) is 0 Å². The molecule has 0 aliphatic carbocycles. The number of benzene rings is 2. The van der Waals surface area contributed by atoms with Crippen LogP contribution in [0, 0.1) is 0 Å². The Bertz CT molecular complexity index is 739. The molecule has 2 aromatic rings. The number of aliphatic imine (C=N–C) groups is 1. The molecule has 1 heterocycles. The van der Waals surface area contributed by atoms with E-state index in [9.17, 15) is 4.79 Å². The maximum atomic E-state index is 10.7. The Labute approximate surface area is 127 Å². The first-order valence-corrected chi connectivity index (χ1v) is 6.78. The van der Waals surface area contributed by atoms with Gasteiger partial charge in [0.15, 0.2) is 0 Å². The number of ether oxygens (including phenoxy) is 1. The van der Waals surface area contributed by atoms with Gasteiger partial charge in [0.05, 0.1) is 6.42 Å². The second-order valence-corrected chi connectivity index (χ2v) is 4.97. The van der Waals surface area contributed by atoms with Crippen LogP contribution in [-0.4, -0.2) is 23.5 Å². The number of carbonyl (C=O) groups is 1. The molecule has 1 aliphatic rings. The van der Waals surface area contributed by atoms with E-state index < -0.39 is 5.97 Å². The van der Waals surface area contributed by atoms with Gasteiger partial charge in [-0.25, -0.2) is 4.99 Å². The van der Waals surface area contributed by atoms with Crippen molar-refractivity contribution in [3.63, 3.8) is 0 Å². The Morgan fingerprint density at radius 1 is 1.27 bits per heavy atom. The van der Waals surface area contributed by atoms with E-state index in [1.54, 1.807) is 24.3 Å². The zero-order chi connectivity index (χ0) is 15.5. The van der Waals surface area contributed by atoms with Gasteiger partial charge in [-0.2, -0.15) is 0 Å². The molecule has 112 valence electrons. The first-order chi connectivity index (χ1) is 10.6. The molecule has 2 aromatic carbocycles. The highest BCUT2D eigenvalue weighted by atomic mass is 16.5. The quantitative estimate of drug-likeness (QED) is 0.756. The minimum atomic E-state index is -0.846. The van der Waals surface area contributed by atoms with Gasteiger partial charge in [-0.1, -0.05) is 12.1 Å². The third-order valence-electron chi connectivity index (χ3n) is 3.20. The smallest absolute Gasteiger partial charge is 0.307 e. The van der Waals surface area contributed by atoms with E-state index in [1.165, 1.54) is 0 Å². The van der Waals surface area contributed by atoms with Crippen LogP contribution in [0.5, 0.6) is 5.75 Å². The predicted octanol–water partition coefficient (Wildman–Crippen LogP) is 2.43. The summed E-state index contributed by atoms with van der Waals surface area (Å²) in [4.78, 5) is 15.1. The van der Waals surface area contributed by atoms with Gasteiger partial charge in [0.2, 0.25) is 0 Å². The van der Waals surface area contributed by atoms with Crippen molar-refractivity contribution in [1.29, 1.82) is 0 Å². The monoisotopic (exact) mass is 297 g/mol. The molecular formula is C16H15N3O3. The predicted molar refractivity (Wildman–Crippen MR) is 84.8 cm³/mol. The minimum Gasteiger partial charge on any atom is -0.483 e. The lowest BCUT2D eigenvalue weighted by molar-refractivity contribution is -0.136. The minimum absolute atomic E-state index is 0.0130. The molecule has 0 amide bonds. The van der Waals surface area contributed by atoms with Crippen molar-refractivity contribution >= 4 is 28.9 Å². The number of nitrogens with one attached hydrogen (secondary N) is 1. The SMILES string of the molecule is Nc1ccc2c(c1)OCC(Nc1ccc(CC(=O)O)cc1)=N2. The number of carboxylic acids is 1. The average Bonchev–Trinajstić information content (AvgIpc) is 2.49. The van der Waals surface area contributed by atoms with E-state index in [0.29, 0.717) is 23.9 Å². The molecule has 6 heteroatoms. The summed E-state index contributed by atoms with van der Waals surface area (Å²) in [6.45, 7) is 0.327.